The molecule has 5 rings (SSSR count). The molecule has 7 nitrogen and oxygen atoms in total. The number of carbonyl (C=O) groups is 1. The summed E-state index contributed by atoms with van der Waals surface area (Å²) in [6, 6.07) is 9.94. The molecular weight excluding hydrogens is 440 g/mol. The van der Waals surface area contributed by atoms with Crippen LogP contribution in [0.25, 0.3) is 11.1 Å². The van der Waals surface area contributed by atoms with Gasteiger partial charge in [-0.1, -0.05) is 0 Å². The van der Waals surface area contributed by atoms with Crippen LogP contribution < -0.4 is 20.5 Å². The van der Waals surface area contributed by atoms with Gasteiger partial charge in [-0.3, -0.25) is 9.59 Å². The minimum atomic E-state index is -0.109. The second kappa shape index (κ2) is 9.66. The number of carbonyl (C=O) groups excluding carboxylic acids is 1. The quantitative estimate of drug-likeness (QED) is 0.533. The van der Waals surface area contributed by atoms with Crippen molar-refractivity contribution < 1.29 is 9.53 Å². The van der Waals surface area contributed by atoms with Gasteiger partial charge < -0.3 is 19.9 Å². The fourth-order valence-electron chi connectivity index (χ4n) is 5.11. The Hall–Kier alpha value is -3.45. The van der Waals surface area contributed by atoms with Crippen molar-refractivity contribution >= 4 is 11.6 Å². The van der Waals surface area contributed by atoms with Gasteiger partial charge in [0.1, 0.15) is 17.7 Å². The summed E-state index contributed by atoms with van der Waals surface area (Å²) in [5.41, 5.74) is 5.87. The molecule has 3 aromatic rings. The lowest BCUT2D eigenvalue weighted by Gasteiger charge is -2.28. The van der Waals surface area contributed by atoms with Gasteiger partial charge in [-0.15, -0.1) is 0 Å². The largest absolute Gasteiger partial charge is 0.489 e. The molecule has 0 spiro atoms. The summed E-state index contributed by atoms with van der Waals surface area (Å²) in [5.74, 6) is 1.84. The first-order valence-electron chi connectivity index (χ1n) is 12.4. The number of hydrogen-bond donors (Lipinski definition) is 2. The van der Waals surface area contributed by atoms with Crippen molar-refractivity contribution in [3.05, 3.63) is 74.8 Å². The Balaban J connectivity index is 1.42. The number of pyridine rings is 2. The van der Waals surface area contributed by atoms with Crippen molar-refractivity contribution in [2.24, 2.45) is 0 Å². The third-order valence-electron chi connectivity index (χ3n) is 6.91. The van der Waals surface area contributed by atoms with Gasteiger partial charge in [0.2, 0.25) is 0 Å². The number of aromatic amines is 1. The van der Waals surface area contributed by atoms with E-state index in [2.05, 4.69) is 21.3 Å². The molecule has 0 bridgehead atoms. The predicted molar refractivity (Wildman–Crippen MR) is 138 cm³/mol. The molecule has 35 heavy (non-hydrogen) atoms. The standard InChI is InChI=1S/C28H32N4O3/c1-17-12-18(2)31-28(34)23(17)5-6-25(33)21-14-22-13-19(3)35-27(22)24(15-21)20-4-7-26(30-16-20)32-10-8-29-9-11-32/h4,7,12,14-16,19,29H,5-6,8-11,13H2,1-3H3,(H,31,34). The van der Waals surface area contributed by atoms with Gasteiger partial charge in [0.25, 0.3) is 5.56 Å². The zero-order valence-corrected chi connectivity index (χ0v) is 20.6. The lowest BCUT2D eigenvalue weighted by molar-refractivity contribution is 0.0982. The van der Waals surface area contributed by atoms with Crippen LogP contribution >= 0.6 is 0 Å². The van der Waals surface area contributed by atoms with E-state index in [0.29, 0.717) is 17.5 Å². The highest BCUT2D eigenvalue weighted by Crippen LogP contribution is 2.40. The first kappa shape index (κ1) is 23.3. The summed E-state index contributed by atoms with van der Waals surface area (Å²) in [6.45, 7) is 9.63. The first-order chi connectivity index (χ1) is 16.9. The summed E-state index contributed by atoms with van der Waals surface area (Å²) < 4.78 is 6.14. The van der Waals surface area contributed by atoms with Crippen LogP contribution in [0.2, 0.25) is 0 Å². The van der Waals surface area contributed by atoms with Crippen LogP contribution in [-0.2, 0) is 12.8 Å². The van der Waals surface area contributed by atoms with E-state index in [9.17, 15) is 9.59 Å². The number of ketones is 1. The number of aryl methyl sites for hydroxylation is 2. The molecule has 1 atom stereocenters. The van der Waals surface area contributed by atoms with Gasteiger partial charge in [0, 0.05) is 73.2 Å². The molecule has 2 aliphatic heterocycles. The molecular formula is C28H32N4O3. The van der Waals surface area contributed by atoms with E-state index in [1.165, 1.54) is 0 Å². The van der Waals surface area contributed by atoms with Crippen molar-refractivity contribution in [1.29, 1.82) is 0 Å². The Morgan fingerprint density at radius 1 is 1.17 bits per heavy atom. The summed E-state index contributed by atoms with van der Waals surface area (Å²) >= 11 is 0. The molecule has 4 heterocycles. The zero-order valence-electron chi connectivity index (χ0n) is 20.6. The molecule has 0 radical (unpaired) electrons. The van der Waals surface area contributed by atoms with Crippen LogP contribution in [0.4, 0.5) is 5.82 Å². The summed E-state index contributed by atoms with van der Waals surface area (Å²) in [5, 5.41) is 3.36. The number of H-pyrrole nitrogens is 1. The molecule has 2 N–H and O–H groups in total. The first-order valence-corrected chi connectivity index (χ1v) is 12.4. The molecule has 2 aliphatic rings. The number of nitrogens with one attached hydrogen (secondary N) is 2. The lowest BCUT2D eigenvalue weighted by atomic mass is 9.94. The molecule has 182 valence electrons. The number of Topliss-reactive ketones (excluding diaryl/α,β-unsaturated/α-hetero) is 1. The molecule has 0 aliphatic carbocycles. The van der Waals surface area contributed by atoms with E-state index >= 15 is 0 Å². The number of nitrogens with zero attached hydrogens (tertiary/aromatic N) is 2. The molecule has 1 saturated heterocycles. The second-order valence-electron chi connectivity index (χ2n) is 9.65. The van der Waals surface area contributed by atoms with Crippen LogP contribution in [0.15, 0.2) is 41.3 Å². The number of benzene rings is 1. The van der Waals surface area contributed by atoms with Crippen LogP contribution in [0, 0.1) is 13.8 Å². The smallest absolute Gasteiger partial charge is 0.251 e. The predicted octanol–water partition coefficient (Wildman–Crippen LogP) is 3.60. The number of piperazine rings is 1. The Labute approximate surface area is 205 Å². The van der Waals surface area contributed by atoms with Crippen LogP contribution in [-0.4, -0.2) is 48.0 Å². The average Bonchev–Trinajstić information content (AvgIpc) is 3.23. The van der Waals surface area contributed by atoms with Crippen LogP contribution in [0.5, 0.6) is 5.75 Å². The fourth-order valence-corrected chi connectivity index (χ4v) is 5.11. The minimum Gasteiger partial charge on any atom is -0.489 e. The maximum Gasteiger partial charge on any atom is 0.251 e. The maximum atomic E-state index is 13.3. The third-order valence-corrected chi connectivity index (χ3v) is 6.91. The highest BCUT2D eigenvalue weighted by atomic mass is 16.5. The topological polar surface area (TPSA) is 87.3 Å². The van der Waals surface area contributed by atoms with E-state index in [1.807, 2.05) is 51.2 Å². The molecule has 0 saturated carbocycles. The van der Waals surface area contributed by atoms with Crippen molar-refractivity contribution in [3.8, 4) is 16.9 Å². The average molecular weight is 473 g/mol. The number of fused-ring (bicyclic) bond motifs is 1. The summed E-state index contributed by atoms with van der Waals surface area (Å²) in [4.78, 5) is 35.5. The SMILES string of the molecule is Cc1cc(C)c(CCC(=O)c2cc3c(c(-c4ccc(N5CCNCC5)nc4)c2)OC(C)C3)c(=O)[nH]1. The van der Waals surface area contributed by atoms with Crippen molar-refractivity contribution in [2.45, 2.75) is 46.1 Å². The Bertz CT molecular complexity index is 1310. The fraction of sp³-hybridized carbons (Fsp3) is 0.393. The van der Waals surface area contributed by atoms with Crippen LogP contribution in [0.3, 0.4) is 0 Å². The number of hydrogen-bond acceptors (Lipinski definition) is 6. The van der Waals surface area contributed by atoms with E-state index < -0.39 is 0 Å². The van der Waals surface area contributed by atoms with E-state index in [1.54, 1.807) is 0 Å². The molecule has 1 aromatic carbocycles. The van der Waals surface area contributed by atoms with Crippen LogP contribution in [0.1, 0.15) is 46.1 Å². The summed E-state index contributed by atoms with van der Waals surface area (Å²) in [6.07, 6.45) is 3.41. The summed E-state index contributed by atoms with van der Waals surface area (Å²) in [7, 11) is 0. The van der Waals surface area contributed by atoms with E-state index in [4.69, 9.17) is 9.72 Å². The normalized spacial score (nSPS) is 17.2. The highest BCUT2D eigenvalue weighted by Gasteiger charge is 2.26. The lowest BCUT2D eigenvalue weighted by Crippen LogP contribution is -2.43. The highest BCUT2D eigenvalue weighted by molar-refractivity contribution is 5.98. The van der Waals surface area contributed by atoms with Crippen molar-refractivity contribution in [3.63, 3.8) is 0 Å². The Morgan fingerprint density at radius 3 is 2.69 bits per heavy atom. The van der Waals surface area contributed by atoms with Gasteiger partial charge in [-0.05, 0) is 68.7 Å². The number of anilines is 1. The minimum absolute atomic E-state index is 0.0263. The number of ether oxygens (including phenoxy) is 1. The maximum absolute atomic E-state index is 13.3. The molecule has 1 fully saturated rings. The van der Waals surface area contributed by atoms with Crippen molar-refractivity contribution in [1.82, 2.24) is 15.3 Å². The molecule has 1 unspecified atom stereocenters. The van der Waals surface area contributed by atoms with Crippen molar-refractivity contribution in [2.75, 3.05) is 31.1 Å². The Kier molecular flexibility index (Phi) is 6.43. The third kappa shape index (κ3) is 4.86. The van der Waals surface area contributed by atoms with Gasteiger partial charge in [0.15, 0.2) is 5.78 Å². The molecule has 7 heteroatoms. The number of rotatable bonds is 6. The molecule has 0 amide bonds. The van der Waals surface area contributed by atoms with Gasteiger partial charge in [0.05, 0.1) is 0 Å². The van der Waals surface area contributed by atoms with E-state index in [0.717, 1.165) is 72.1 Å². The Morgan fingerprint density at radius 2 is 1.97 bits per heavy atom. The molecule has 2 aromatic heterocycles. The van der Waals surface area contributed by atoms with Gasteiger partial charge in [-0.2, -0.15) is 0 Å². The van der Waals surface area contributed by atoms with E-state index in [-0.39, 0.29) is 23.9 Å². The monoisotopic (exact) mass is 472 g/mol. The number of aromatic nitrogens is 2. The van der Waals surface area contributed by atoms with Gasteiger partial charge >= 0.3 is 0 Å². The zero-order chi connectivity index (χ0) is 24.5. The second-order valence-corrected chi connectivity index (χ2v) is 9.65. The van der Waals surface area contributed by atoms with Gasteiger partial charge in [-0.25, -0.2) is 4.98 Å².